The minimum Gasteiger partial charge on any atom is -0.160 e. The summed E-state index contributed by atoms with van der Waals surface area (Å²) in [6.07, 6.45) is 5.23. The van der Waals surface area contributed by atoms with Crippen molar-refractivity contribution in [3.05, 3.63) is 34.9 Å². The maximum atomic E-state index is 3.80. The van der Waals surface area contributed by atoms with E-state index in [9.17, 15) is 0 Å². The monoisotopic (exact) mass is 296 g/mol. The normalized spacial score (nSPS) is 28.3. The zero-order valence-electron chi connectivity index (χ0n) is 9.42. The fourth-order valence-electron chi connectivity index (χ4n) is 2.81. The van der Waals surface area contributed by atoms with Gasteiger partial charge in [-0.2, -0.15) is 11.8 Å². The van der Waals surface area contributed by atoms with E-state index in [-0.39, 0.29) is 0 Å². The van der Waals surface area contributed by atoms with E-state index >= 15 is 0 Å². The molecule has 0 N–H and O–H groups in total. The number of hydrogen-bond donors (Lipinski definition) is 0. The van der Waals surface area contributed by atoms with E-state index in [1.54, 1.807) is 16.7 Å². The van der Waals surface area contributed by atoms with Crippen LogP contribution in [0, 0.1) is 5.92 Å². The fraction of sp³-hybridized carbons (Fsp3) is 0.571. The van der Waals surface area contributed by atoms with Gasteiger partial charge < -0.3 is 0 Å². The van der Waals surface area contributed by atoms with Crippen molar-refractivity contribution in [3.8, 4) is 0 Å². The summed E-state index contributed by atoms with van der Waals surface area (Å²) in [7, 11) is 0. The molecular weight excluding hydrogens is 280 g/mol. The second kappa shape index (κ2) is 4.73. The molecule has 1 aliphatic heterocycles. The molecule has 0 radical (unpaired) electrons. The van der Waals surface area contributed by atoms with Crippen LogP contribution in [-0.4, -0.2) is 16.3 Å². The SMILES string of the molecule is BrC1CSCC1Cc1ccc2c(c1)CCC2. The molecule has 2 atom stereocenters. The van der Waals surface area contributed by atoms with Gasteiger partial charge in [0.25, 0.3) is 0 Å². The van der Waals surface area contributed by atoms with Crippen molar-refractivity contribution < 1.29 is 0 Å². The zero-order chi connectivity index (χ0) is 11.0. The number of alkyl halides is 1. The van der Waals surface area contributed by atoms with E-state index in [0.717, 1.165) is 10.7 Å². The average molecular weight is 297 g/mol. The van der Waals surface area contributed by atoms with Gasteiger partial charge in [0, 0.05) is 10.6 Å². The second-order valence-corrected chi connectivity index (χ2v) is 7.23. The first kappa shape index (κ1) is 11.2. The molecule has 16 heavy (non-hydrogen) atoms. The molecule has 1 heterocycles. The molecule has 1 saturated heterocycles. The predicted octanol–water partition coefficient (Wildman–Crippen LogP) is 3.84. The van der Waals surface area contributed by atoms with Crippen LogP contribution in [0.5, 0.6) is 0 Å². The fourth-order valence-corrected chi connectivity index (χ4v) is 5.28. The van der Waals surface area contributed by atoms with Crippen molar-refractivity contribution in [1.29, 1.82) is 0 Å². The van der Waals surface area contributed by atoms with E-state index in [2.05, 4.69) is 45.9 Å². The van der Waals surface area contributed by atoms with Crippen LogP contribution in [0.4, 0.5) is 0 Å². The van der Waals surface area contributed by atoms with E-state index < -0.39 is 0 Å². The van der Waals surface area contributed by atoms with E-state index in [4.69, 9.17) is 0 Å². The Morgan fingerprint density at radius 1 is 1.19 bits per heavy atom. The van der Waals surface area contributed by atoms with Crippen molar-refractivity contribution in [2.75, 3.05) is 11.5 Å². The Morgan fingerprint density at radius 3 is 2.88 bits per heavy atom. The van der Waals surface area contributed by atoms with Gasteiger partial charge in [-0.1, -0.05) is 34.1 Å². The number of thioether (sulfide) groups is 1. The molecular formula is C14H17BrS. The van der Waals surface area contributed by atoms with E-state index in [1.165, 1.54) is 37.2 Å². The smallest absolute Gasteiger partial charge is 0.0275 e. The lowest BCUT2D eigenvalue weighted by molar-refractivity contribution is 0.616. The van der Waals surface area contributed by atoms with Crippen molar-refractivity contribution >= 4 is 27.7 Å². The zero-order valence-corrected chi connectivity index (χ0v) is 11.8. The van der Waals surface area contributed by atoms with Crippen molar-refractivity contribution in [1.82, 2.24) is 0 Å². The van der Waals surface area contributed by atoms with Gasteiger partial charge in [-0.15, -0.1) is 0 Å². The molecule has 2 heteroatoms. The van der Waals surface area contributed by atoms with Crippen molar-refractivity contribution in [2.24, 2.45) is 5.92 Å². The number of benzene rings is 1. The molecule has 0 amide bonds. The van der Waals surface area contributed by atoms with Crippen LogP contribution >= 0.6 is 27.7 Å². The van der Waals surface area contributed by atoms with Crippen LogP contribution in [0.15, 0.2) is 18.2 Å². The molecule has 2 unspecified atom stereocenters. The number of hydrogen-bond acceptors (Lipinski definition) is 1. The molecule has 0 saturated carbocycles. The summed E-state index contributed by atoms with van der Waals surface area (Å²) < 4.78 is 0. The lowest BCUT2D eigenvalue weighted by atomic mass is 9.96. The highest BCUT2D eigenvalue weighted by atomic mass is 79.9. The van der Waals surface area contributed by atoms with Gasteiger partial charge in [-0.05, 0) is 54.0 Å². The van der Waals surface area contributed by atoms with Crippen molar-refractivity contribution in [3.63, 3.8) is 0 Å². The quantitative estimate of drug-likeness (QED) is 0.747. The Hall–Kier alpha value is 0.0500. The molecule has 0 nitrogen and oxygen atoms in total. The first-order chi connectivity index (χ1) is 7.83. The molecule has 1 aromatic carbocycles. The Kier molecular flexibility index (Phi) is 3.30. The van der Waals surface area contributed by atoms with E-state index in [1.807, 2.05) is 0 Å². The van der Waals surface area contributed by atoms with Crippen LogP contribution in [0.2, 0.25) is 0 Å². The highest BCUT2D eigenvalue weighted by Crippen LogP contribution is 2.33. The van der Waals surface area contributed by atoms with Crippen LogP contribution in [0.3, 0.4) is 0 Å². The van der Waals surface area contributed by atoms with E-state index in [0.29, 0.717) is 0 Å². The summed E-state index contributed by atoms with van der Waals surface area (Å²) in [6.45, 7) is 0. The Labute approximate surface area is 110 Å². The Bertz CT molecular complexity index is 388. The van der Waals surface area contributed by atoms with Gasteiger partial charge in [0.2, 0.25) is 0 Å². The maximum absolute atomic E-state index is 3.80. The largest absolute Gasteiger partial charge is 0.160 e. The van der Waals surface area contributed by atoms with Crippen LogP contribution in [0.1, 0.15) is 23.1 Å². The van der Waals surface area contributed by atoms with Crippen molar-refractivity contribution in [2.45, 2.75) is 30.5 Å². The third kappa shape index (κ3) is 2.19. The third-order valence-electron chi connectivity index (χ3n) is 3.78. The molecule has 0 bridgehead atoms. The summed E-state index contributed by atoms with van der Waals surface area (Å²) in [6, 6.07) is 7.18. The molecule has 86 valence electrons. The Morgan fingerprint density at radius 2 is 2.06 bits per heavy atom. The summed E-state index contributed by atoms with van der Waals surface area (Å²) >= 11 is 5.89. The topological polar surface area (TPSA) is 0 Å². The molecule has 3 rings (SSSR count). The first-order valence-electron chi connectivity index (χ1n) is 6.15. The average Bonchev–Trinajstić information content (AvgIpc) is 2.88. The minimum atomic E-state index is 0.728. The molecule has 1 aliphatic carbocycles. The lowest BCUT2D eigenvalue weighted by Crippen LogP contribution is -2.14. The number of halogens is 1. The van der Waals surface area contributed by atoms with Gasteiger partial charge in [0.15, 0.2) is 0 Å². The van der Waals surface area contributed by atoms with Gasteiger partial charge in [-0.25, -0.2) is 0 Å². The lowest BCUT2D eigenvalue weighted by Gasteiger charge is -2.13. The molecule has 2 aliphatic rings. The molecule has 0 aromatic heterocycles. The van der Waals surface area contributed by atoms with Crippen LogP contribution < -0.4 is 0 Å². The minimum absolute atomic E-state index is 0.728. The first-order valence-corrected chi connectivity index (χ1v) is 8.22. The van der Waals surface area contributed by atoms with Gasteiger partial charge in [0.05, 0.1) is 0 Å². The number of fused-ring (bicyclic) bond motifs is 1. The number of rotatable bonds is 2. The maximum Gasteiger partial charge on any atom is 0.0275 e. The summed E-state index contributed by atoms with van der Waals surface area (Å²) in [5, 5.41) is 0. The second-order valence-electron chi connectivity index (χ2n) is 4.97. The third-order valence-corrected chi connectivity index (χ3v) is 6.54. The summed E-state index contributed by atoms with van der Waals surface area (Å²) in [4.78, 5) is 0.728. The van der Waals surface area contributed by atoms with Gasteiger partial charge in [-0.3, -0.25) is 0 Å². The summed E-state index contributed by atoms with van der Waals surface area (Å²) in [5.41, 5.74) is 4.77. The van der Waals surface area contributed by atoms with Gasteiger partial charge in [0.1, 0.15) is 0 Å². The standard InChI is InChI=1S/C14H17BrS/c15-14-9-16-8-13(14)7-10-4-5-11-2-1-3-12(11)6-10/h4-6,13-14H,1-3,7-9H2. The van der Waals surface area contributed by atoms with Crippen LogP contribution in [-0.2, 0) is 19.3 Å². The van der Waals surface area contributed by atoms with Crippen LogP contribution in [0.25, 0.3) is 0 Å². The predicted molar refractivity (Wildman–Crippen MR) is 75.7 cm³/mol. The Balaban J connectivity index is 1.75. The molecule has 1 fully saturated rings. The summed E-state index contributed by atoms with van der Waals surface area (Å²) in [5.74, 6) is 3.45. The number of aryl methyl sites for hydroxylation is 2. The highest BCUT2D eigenvalue weighted by Gasteiger charge is 2.25. The highest BCUT2D eigenvalue weighted by molar-refractivity contribution is 9.09. The molecule has 0 spiro atoms. The van der Waals surface area contributed by atoms with Gasteiger partial charge >= 0.3 is 0 Å². The molecule has 1 aromatic rings.